The smallest absolute Gasteiger partial charge is 0.395 e. The molecule has 0 radical (unpaired) electrons. The second-order valence-electron chi connectivity index (χ2n) is 2.92. The molecule has 1 aliphatic rings. The van der Waals surface area contributed by atoms with Gasteiger partial charge in [-0.3, -0.25) is 0 Å². The zero-order chi connectivity index (χ0) is 7.99. The lowest BCUT2D eigenvalue weighted by Gasteiger charge is -2.16. The van der Waals surface area contributed by atoms with Gasteiger partial charge in [0, 0.05) is 0 Å². The first-order valence-electron chi connectivity index (χ1n) is 3.11. The summed E-state index contributed by atoms with van der Waals surface area (Å²) in [5, 5.41) is 8.44. The molecule has 60 valence electrons. The fourth-order valence-corrected chi connectivity index (χ4v) is 1.19. The normalized spacial score (nSPS) is 39.9. The minimum Gasteiger partial charge on any atom is -0.395 e. The summed E-state index contributed by atoms with van der Waals surface area (Å²) < 4.78 is 36.0. The van der Waals surface area contributed by atoms with Crippen LogP contribution in [0, 0.1) is 11.3 Å². The number of hydrogen-bond acceptors (Lipinski definition) is 1. The largest absolute Gasteiger partial charge is 0.396 e. The molecule has 0 aromatic carbocycles. The second kappa shape index (κ2) is 1.87. The van der Waals surface area contributed by atoms with Crippen LogP contribution in [0.15, 0.2) is 0 Å². The van der Waals surface area contributed by atoms with Gasteiger partial charge < -0.3 is 5.11 Å². The first-order valence-corrected chi connectivity index (χ1v) is 3.11. The number of alkyl halides is 3. The molecule has 1 nitrogen and oxygen atoms in total. The second-order valence-corrected chi connectivity index (χ2v) is 2.92. The van der Waals surface area contributed by atoms with Crippen molar-refractivity contribution in [1.29, 1.82) is 0 Å². The molecule has 0 saturated heterocycles. The molecular weight excluding hydrogens is 145 g/mol. The zero-order valence-corrected chi connectivity index (χ0v) is 5.57. The topological polar surface area (TPSA) is 20.2 Å². The molecule has 1 fully saturated rings. The molecule has 0 amide bonds. The highest BCUT2D eigenvalue weighted by atomic mass is 19.4. The molecule has 0 aromatic heterocycles. The first-order chi connectivity index (χ1) is 4.44. The Bertz CT molecular complexity index is 138. The SMILES string of the molecule is CC1CC1(CO)C(F)(F)F. The molecule has 1 saturated carbocycles. The zero-order valence-electron chi connectivity index (χ0n) is 5.57. The van der Waals surface area contributed by atoms with Crippen LogP contribution in [0.3, 0.4) is 0 Å². The van der Waals surface area contributed by atoms with E-state index in [4.69, 9.17) is 5.11 Å². The van der Waals surface area contributed by atoms with Crippen molar-refractivity contribution in [1.82, 2.24) is 0 Å². The van der Waals surface area contributed by atoms with Gasteiger partial charge in [0.1, 0.15) is 0 Å². The van der Waals surface area contributed by atoms with E-state index in [0.29, 0.717) is 0 Å². The maximum Gasteiger partial charge on any atom is 0.396 e. The van der Waals surface area contributed by atoms with Crippen LogP contribution >= 0.6 is 0 Å². The average molecular weight is 154 g/mol. The van der Waals surface area contributed by atoms with Crippen LogP contribution in [0.5, 0.6) is 0 Å². The third-order valence-electron chi connectivity index (χ3n) is 2.30. The van der Waals surface area contributed by atoms with Crippen LogP contribution in [0.25, 0.3) is 0 Å². The predicted octanol–water partition coefficient (Wildman–Crippen LogP) is 1.57. The molecule has 0 aliphatic heterocycles. The summed E-state index contributed by atoms with van der Waals surface area (Å²) >= 11 is 0. The fourth-order valence-electron chi connectivity index (χ4n) is 1.19. The molecule has 2 atom stereocenters. The molecule has 2 unspecified atom stereocenters. The highest BCUT2D eigenvalue weighted by Crippen LogP contribution is 2.61. The summed E-state index contributed by atoms with van der Waals surface area (Å²) in [6.07, 6.45) is -4.14. The van der Waals surface area contributed by atoms with Gasteiger partial charge in [-0.2, -0.15) is 13.2 Å². The number of rotatable bonds is 1. The van der Waals surface area contributed by atoms with Gasteiger partial charge in [0.05, 0.1) is 12.0 Å². The van der Waals surface area contributed by atoms with Gasteiger partial charge in [0.15, 0.2) is 0 Å². The number of aliphatic hydroxyl groups is 1. The van der Waals surface area contributed by atoms with Gasteiger partial charge in [-0.05, 0) is 12.3 Å². The molecule has 0 spiro atoms. The molecule has 4 heteroatoms. The summed E-state index contributed by atoms with van der Waals surface area (Å²) in [6.45, 7) is 0.737. The highest BCUT2D eigenvalue weighted by Gasteiger charge is 2.68. The average Bonchev–Trinajstić information content (AvgIpc) is 2.40. The Morgan fingerprint density at radius 1 is 1.60 bits per heavy atom. The number of hydrogen-bond donors (Lipinski definition) is 1. The van der Waals surface area contributed by atoms with Gasteiger partial charge in [-0.1, -0.05) is 6.92 Å². The van der Waals surface area contributed by atoms with E-state index in [-0.39, 0.29) is 6.42 Å². The molecule has 0 heterocycles. The molecule has 0 aromatic rings. The summed E-state index contributed by atoms with van der Waals surface area (Å²) in [4.78, 5) is 0. The van der Waals surface area contributed by atoms with Crippen LogP contribution in [-0.4, -0.2) is 17.9 Å². The summed E-state index contributed by atoms with van der Waals surface area (Å²) in [5.74, 6) is -0.405. The minimum absolute atomic E-state index is 0.0764. The van der Waals surface area contributed by atoms with Gasteiger partial charge in [-0.15, -0.1) is 0 Å². The van der Waals surface area contributed by atoms with Crippen LogP contribution in [0.2, 0.25) is 0 Å². The van der Waals surface area contributed by atoms with E-state index in [2.05, 4.69) is 0 Å². The Kier molecular flexibility index (Phi) is 1.47. The Labute approximate surface area is 56.8 Å². The van der Waals surface area contributed by atoms with Gasteiger partial charge in [0.25, 0.3) is 0 Å². The summed E-state index contributed by atoms with van der Waals surface area (Å²) in [7, 11) is 0. The monoisotopic (exact) mass is 154 g/mol. The quantitative estimate of drug-likeness (QED) is 0.607. The Balaban J connectivity index is 2.69. The van der Waals surface area contributed by atoms with E-state index in [1.54, 1.807) is 0 Å². The lowest BCUT2D eigenvalue weighted by molar-refractivity contribution is -0.201. The van der Waals surface area contributed by atoms with E-state index >= 15 is 0 Å². The van der Waals surface area contributed by atoms with Gasteiger partial charge >= 0.3 is 6.18 Å². The number of halogens is 3. The molecule has 10 heavy (non-hydrogen) atoms. The predicted molar refractivity (Wildman–Crippen MR) is 29.4 cm³/mol. The molecule has 1 rings (SSSR count). The maximum atomic E-state index is 12.0. The third-order valence-corrected chi connectivity index (χ3v) is 2.30. The molecular formula is C6H9F3O. The van der Waals surface area contributed by atoms with Crippen molar-refractivity contribution in [3.8, 4) is 0 Å². The first kappa shape index (κ1) is 7.85. The standard InChI is InChI=1S/C6H9F3O/c1-4-2-5(4,3-10)6(7,8)9/h4,10H,2-3H2,1H3. The molecule has 0 bridgehead atoms. The van der Waals surface area contributed by atoms with Crippen LogP contribution < -0.4 is 0 Å². The summed E-state index contributed by atoms with van der Waals surface area (Å²) in [5.41, 5.74) is -1.76. The molecule has 1 aliphatic carbocycles. The maximum absolute atomic E-state index is 12.0. The highest BCUT2D eigenvalue weighted by molar-refractivity contribution is 5.04. The lowest BCUT2D eigenvalue weighted by atomic mass is 10.1. The van der Waals surface area contributed by atoms with E-state index in [0.717, 1.165) is 0 Å². The van der Waals surface area contributed by atoms with Crippen LogP contribution in [0.1, 0.15) is 13.3 Å². The van der Waals surface area contributed by atoms with Crippen molar-refractivity contribution in [3.63, 3.8) is 0 Å². The fraction of sp³-hybridized carbons (Fsp3) is 1.00. The van der Waals surface area contributed by atoms with Crippen molar-refractivity contribution >= 4 is 0 Å². The summed E-state index contributed by atoms with van der Waals surface area (Å²) in [6, 6.07) is 0. The Morgan fingerprint density at radius 3 is 2.00 bits per heavy atom. The van der Waals surface area contributed by atoms with E-state index in [1.165, 1.54) is 6.92 Å². The third kappa shape index (κ3) is 0.820. The van der Waals surface area contributed by atoms with Crippen molar-refractivity contribution in [2.24, 2.45) is 11.3 Å². The minimum atomic E-state index is -4.22. The number of aliphatic hydroxyl groups excluding tert-OH is 1. The van der Waals surface area contributed by atoms with Crippen molar-refractivity contribution < 1.29 is 18.3 Å². The van der Waals surface area contributed by atoms with Crippen LogP contribution in [0.4, 0.5) is 13.2 Å². The van der Waals surface area contributed by atoms with E-state index in [9.17, 15) is 13.2 Å². The van der Waals surface area contributed by atoms with Gasteiger partial charge in [-0.25, -0.2) is 0 Å². The van der Waals surface area contributed by atoms with Crippen molar-refractivity contribution in [2.45, 2.75) is 19.5 Å². The van der Waals surface area contributed by atoms with Crippen LogP contribution in [-0.2, 0) is 0 Å². The van der Waals surface area contributed by atoms with E-state index < -0.39 is 24.1 Å². The van der Waals surface area contributed by atoms with E-state index in [1.807, 2.05) is 0 Å². The van der Waals surface area contributed by atoms with Crippen molar-refractivity contribution in [3.05, 3.63) is 0 Å². The lowest BCUT2D eigenvalue weighted by Crippen LogP contribution is -2.29. The molecule has 1 N–H and O–H groups in total. The van der Waals surface area contributed by atoms with Gasteiger partial charge in [0.2, 0.25) is 0 Å². The Hall–Kier alpha value is -0.250. The Morgan fingerprint density at radius 2 is 2.00 bits per heavy atom. The van der Waals surface area contributed by atoms with Crippen molar-refractivity contribution in [2.75, 3.05) is 6.61 Å².